The molecule has 2 aliphatic heterocycles. The van der Waals surface area contributed by atoms with E-state index in [9.17, 15) is 18.4 Å². The lowest BCUT2D eigenvalue weighted by molar-refractivity contribution is -0.138. The van der Waals surface area contributed by atoms with Gasteiger partial charge in [0.2, 0.25) is 0 Å². The molecule has 4 aromatic carbocycles. The summed E-state index contributed by atoms with van der Waals surface area (Å²) in [5.74, 6) is 0.814. The molecule has 0 unspecified atom stereocenters. The van der Waals surface area contributed by atoms with Crippen molar-refractivity contribution in [2.45, 2.75) is 50.6 Å². The predicted octanol–water partition coefficient (Wildman–Crippen LogP) is 10.2. The quantitative estimate of drug-likeness (QED) is 0.137. The van der Waals surface area contributed by atoms with Crippen molar-refractivity contribution in [2.24, 2.45) is 0 Å². The minimum absolute atomic E-state index is 0.0233. The van der Waals surface area contributed by atoms with Crippen molar-refractivity contribution in [3.8, 4) is 32.6 Å². The van der Waals surface area contributed by atoms with Crippen molar-refractivity contribution in [1.29, 1.82) is 0 Å². The van der Waals surface area contributed by atoms with E-state index in [-0.39, 0.29) is 48.7 Å². The number of halogens is 2. The van der Waals surface area contributed by atoms with Crippen LogP contribution in [0.2, 0.25) is 0 Å². The number of carbonyl (C=O) groups excluding carboxylic acids is 2. The highest BCUT2D eigenvalue weighted by Gasteiger charge is 2.31. The summed E-state index contributed by atoms with van der Waals surface area (Å²) in [6.45, 7) is 1.47. The third-order valence-corrected chi connectivity index (χ3v) is 11.6. The third kappa shape index (κ3) is 10.0. The molecule has 2 saturated heterocycles. The molecule has 2 aliphatic rings. The average Bonchev–Trinajstić information content (AvgIpc) is 3.95. The van der Waals surface area contributed by atoms with Gasteiger partial charge in [-0.1, -0.05) is 36.4 Å². The second-order valence-corrected chi connectivity index (χ2v) is 15.3. The van der Waals surface area contributed by atoms with E-state index in [1.807, 2.05) is 81.2 Å². The molecular formula is C44H42F2N4O4S2. The fourth-order valence-corrected chi connectivity index (χ4v) is 8.64. The average molecular weight is 793 g/mol. The molecule has 2 amide bonds. The SMILES string of the molecule is O=C(COc1ccccc1)N1CCCC[C@@H]1c1csc(-c2ccc(F)cc2)n1.O=C(COc1ccccc1)N1CCCC[C@@H]1c1csc(-c2ccc(F)cc2)n1. The van der Waals surface area contributed by atoms with Gasteiger partial charge in [0.05, 0.1) is 23.5 Å². The Morgan fingerprint density at radius 3 is 1.36 bits per heavy atom. The number of benzene rings is 4. The summed E-state index contributed by atoms with van der Waals surface area (Å²) in [4.78, 5) is 38.9. The normalized spacial score (nSPS) is 16.8. The van der Waals surface area contributed by atoms with Gasteiger partial charge in [0, 0.05) is 35.0 Å². The summed E-state index contributed by atoms with van der Waals surface area (Å²) < 4.78 is 37.6. The van der Waals surface area contributed by atoms with Gasteiger partial charge in [-0.15, -0.1) is 22.7 Å². The maximum atomic E-state index is 13.2. The second kappa shape index (κ2) is 18.9. The van der Waals surface area contributed by atoms with Gasteiger partial charge < -0.3 is 19.3 Å². The molecular weight excluding hydrogens is 751 g/mol. The number of nitrogens with zero attached hydrogens (tertiary/aromatic N) is 4. The number of thiazole rings is 2. The number of hydrogen-bond donors (Lipinski definition) is 0. The van der Waals surface area contributed by atoms with Gasteiger partial charge in [-0.05, 0) is 111 Å². The number of piperidine rings is 2. The largest absolute Gasteiger partial charge is 0.484 e. The molecule has 8 nitrogen and oxygen atoms in total. The third-order valence-electron chi connectivity index (χ3n) is 9.77. The first-order valence-corrected chi connectivity index (χ1v) is 20.5. The number of likely N-dealkylation sites (tertiary alicyclic amines) is 2. The predicted molar refractivity (Wildman–Crippen MR) is 215 cm³/mol. The summed E-state index contributed by atoms with van der Waals surface area (Å²) in [7, 11) is 0. The number of carbonyl (C=O) groups is 2. The van der Waals surface area contributed by atoms with Crippen LogP contribution in [0.4, 0.5) is 8.78 Å². The number of para-hydroxylation sites is 2. The first kappa shape index (κ1) is 38.8. The molecule has 0 aliphatic carbocycles. The van der Waals surface area contributed by atoms with E-state index in [0.717, 1.165) is 71.1 Å². The van der Waals surface area contributed by atoms with Crippen LogP contribution >= 0.6 is 22.7 Å². The highest BCUT2D eigenvalue weighted by Crippen LogP contribution is 2.36. The lowest BCUT2D eigenvalue weighted by Crippen LogP contribution is -2.41. The van der Waals surface area contributed by atoms with E-state index in [0.29, 0.717) is 24.6 Å². The van der Waals surface area contributed by atoms with Gasteiger partial charge in [0.25, 0.3) is 11.8 Å². The molecule has 2 atom stereocenters. The van der Waals surface area contributed by atoms with Gasteiger partial charge in [-0.2, -0.15) is 0 Å². The number of ether oxygens (including phenoxy) is 2. The van der Waals surface area contributed by atoms with Crippen LogP contribution in [0.15, 0.2) is 120 Å². The van der Waals surface area contributed by atoms with Gasteiger partial charge in [0.1, 0.15) is 33.1 Å². The van der Waals surface area contributed by atoms with Crippen molar-refractivity contribution in [2.75, 3.05) is 26.3 Å². The van der Waals surface area contributed by atoms with Gasteiger partial charge >= 0.3 is 0 Å². The van der Waals surface area contributed by atoms with Crippen molar-refractivity contribution >= 4 is 34.5 Å². The fourth-order valence-electron chi connectivity index (χ4n) is 6.89. The molecule has 56 heavy (non-hydrogen) atoms. The van der Waals surface area contributed by atoms with Gasteiger partial charge in [0.15, 0.2) is 13.2 Å². The van der Waals surface area contributed by atoms with E-state index in [1.54, 1.807) is 24.3 Å². The fraction of sp³-hybridized carbons (Fsp3) is 0.273. The smallest absolute Gasteiger partial charge is 0.261 e. The molecule has 0 bridgehead atoms. The first-order chi connectivity index (χ1) is 27.4. The van der Waals surface area contributed by atoms with Crippen LogP contribution in [0.3, 0.4) is 0 Å². The lowest BCUT2D eigenvalue weighted by atomic mass is 10.00. The number of amides is 2. The van der Waals surface area contributed by atoms with Crippen molar-refractivity contribution in [3.63, 3.8) is 0 Å². The summed E-state index contributed by atoms with van der Waals surface area (Å²) in [6, 6.07) is 31.3. The summed E-state index contributed by atoms with van der Waals surface area (Å²) in [5, 5.41) is 5.70. The van der Waals surface area contributed by atoms with Crippen LogP contribution in [-0.4, -0.2) is 57.9 Å². The molecule has 6 aromatic rings. The molecule has 288 valence electrons. The Morgan fingerprint density at radius 1 is 0.571 bits per heavy atom. The summed E-state index contributed by atoms with van der Waals surface area (Å²) in [5.41, 5.74) is 3.58. The first-order valence-electron chi connectivity index (χ1n) is 18.8. The Morgan fingerprint density at radius 2 is 0.964 bits per heavy atom. The van der Waals surface area contributed by atoms with Crippen molar-refractivity contribution in [1.82, 2.24) is 19.8 Å². The Kier molecular flexibility index (Phi) is 13.1. The molecule has 2 fully saturated rings. The zero-order valence-corrected chi connectivity index (χ0v) is 32.4. The molecule has 0 spiro atoms. The number of hydrogen-bond acceptors (Lipinski definition) is 8. The zero-order chi connectivity index (χ0) is 38.7. The van der Waals surface area contributed by atoms with Crippen LogP contribution in [0.5, 0.6) is 11.5 Å². The van der Waals surface area contributed by atoms with Crippen molar-refractivity contribution in [3.05, 3.63) is 143 Å². The molecule has 0 saturated carbocycles. The Bertz CT molecular complexity index is 2010. The molecule has 0 N–H and O–H groups in total. The molecule has 0 radical (unpaired) electrons. The topological polar surface area (TPSA) is 84.9 Å². The second-order valence-electron chi connectivity index (χ2n) is 13.6. The standard InChI is InChI=1S/2C22H21FN2O2S/c2*23-17-11-9-16(10-12-17)22-24-19(15-28-22)20-8-4-5-13-25(20)21(26)14-27-18-6-2-1-3-7-18/h2*1-3,6-7,9-12,15,20H,4-5,8,13-14H2/t2*20-/m11/s1. The highest BCUT2D eigenvalue weighted by atomic mass is 32.1. The molecule has 8 rings (SSSR count). The lowest BCUT2D eigenvalue weighted by Gasteiger charge is -2.34. The maximum Gasteiger partial charge on any atom is 0.261 e. The molecule has 12 heteroatoms. The van der Waals surface area contributed by atoms with Gasteiger partial charge in [-0.25, -0.2) is 18.7 Å². The minimum Gasteiger partial charge on any atom is -0.484 e. The molecule has 4 heterocycles. The zero-order valence-electron chi connectivity index (χ0n) is 30.8. The van der Waals surface area contributed by atoms with E-state index < -0.39 is 0 Å². The number of rotatable bonds is 10. The highest BCUT2D eigenvalue weighted by molar-refractivity contribution is 7.13. The van der Waals surface area contributed by atoms with Crippen LogP contribution in [0.25, 0.3) is 21.1 Å². The Labute approximate surface area is 333 Å². The minimum atomic E-state index is -0.261. The molecule has 2 aromatic heterocycles. The van der Waals surface area contributed by atoms with E-state index >= 15 is 0 Å². The van der Waals surface area contributed by atoms with E-state index in [2.05, 4.69) is 0 Å². The summed E-state index contributed by atoms with van der Waals surface area (Å²) >= 11 is 3.05. The Hall–Kier alpha value is -5.46. The van der Waals surface area contributed by atoms with Crippen LogP contribution < -0.4 is 9.47 Å². The number of aromatic nitrogens is 2. The monoisotopic (exact) mass is 792 g/mol. The van der Waals surface area contributed by atoms with E-state index in [1.165, 1.54) is 46.9 Å². The van der Waals surface area contributed by atoms with Crippen LogP contribution in [-0.2, 0) is 9.59 Å². The van der Waals surface area contributed by atoms with Crippen LogP contribution in [0, 0.1) is 11.6 Å². The van der Waals surface area contributed by atoms with Crippen LogP contribution in [0.1, 0.15) is 62.0 Å². The maximum absolute atomic E-state index is 13.2. The Balaban J connectivity index is 0.000000172. The van der Waals surface area contributed by atoms with Gasteiger partial charge in [-0.3, -0.25) is 9.59 Å². The van der Waals surface area contributed by atoms with Crippen molar-refractivity contribution < 1.29 is 27.8 Å². The summed E-state index contributed by atoms with van der Waals surface area (Å²) in [6.07, 6.45) is 5.90. The van der Waals surface area contributed by atoms with E-state index in [4.69, 9.17) is 19.4 Å².